The van der Waals surface area contributed by atoms with Gasteiger partial charge in [-0.2, -0.15) is 0 Å². The molecule has 1 aromatic heterocycles. The molecule has 0 amide bonds. The monoisotopic (exact) mass is 306 g/mol. The van der Waals surface area contributed by atoms with Crippen LogP contribution in [0.15, 0.2) is 41.4 Å². The highest BCUT2D eigenvalue weighted by atomic mass is 32.2. The summed E-state index contributed by atoms with van der Waals surface area (Å²) < 4.78 is 27.4. The van der Waals surface area contributed by atoms with Gasteiger partial charge in [-0.05, 0) is 24.5 Å². The van der Waals surface area contributed by atoms with Crippen molar-refractivity contribution in [2.45, 2.75) is 31.2 Å². The fourth-order valence-corrected chi connectivity index (χ4v) is 3.56. The molecule has 2 aromatic rings. The zero-order valence-corrected chi connectivity index (χ0v) is 12.8. The molecule has 0 spiro atoms. The van der Waals surface area contributed by atoms with Crippen molar-refractivity contribution in [2.75, 3.05) is 0 Å². The molecule has 21 heavy (non-hydrogen) atoms. The van der Waals surface area contributed by atoms with Gasteiger partial charge in [0, 0.05) is 11.6 Å². The van der Waals surface area contributed by atoms with Crippen LogP contribution >= 0.6 is 0 Å². The maximum absolute atomic E-state index is 12.5. The van der Waals surface area contributed by atoms with Crippen molar-refractivity contribution in [1.29, 1.82) is 0 Å². The van der Waals surface area contributed by atoms with Crippen LogP contribution in [0.3, 0.4) is 0 Å². The van der Waals surface area contributed by atoms with Crippen molar-refractivity contribution in [3.63, 3.8) is 0 Å². The number of para-hydroxylation sites is 1. The standard InChI is InChI=1S/C15H18N2O3S/c1-11(2)9-13(10-18)17-21(19,20)14-7-3-5-12-6-4-8-16-15(12)14/h3-8,10-11,13,17H,9H2,1-2H3/t13-/m0/s1. The van der Waals surface area contributed by atoms with Crippen molar-refractivity contribution in [2.24, 2.45) is 5.92 Å². The lowest BCUT2D eigenvalue weighted by Crippen LogP contribution is -2.37. The van der Waals surface area contributed by atoms with E-state index in [9.17, 15) is 13.2 Å². The summed E-state index contributed by atoms with van der Waals surface area (Å²) >= 11 is 0. The number of hydrogen-bond acceptors (Lipinski definition) is 4. The number of benzene rings is 1. The summed E-state index contributed by atoms with van der Waals surface area (Å²) in [5.41, 5.74) is 0.404. The summed E-state index contributed by atoms with van der Waals surface area (Å²) in [6.07, 6.45) is 2.64. The van der Waals surface area contributed by atoms with E-state index in [1.165, 1.54) is 6.07 Å². The summed E-state index contributed by atoms with van der Waals surface area (Å²) in [5, 5.41) is 0.742. The van der Waals surface area contributed by atoms with Gasteiger partial charge in [-0.1, -0.05) is 32.0 Å². The number of hydrogen-bond donors (Lipinski definition) is 1. The average Bonchev–Trinajstić information content (AvgIpc) is 2.45. The van der Waals surface area contributed by atoms with Crippen molar-refractivity contribution >= 4 is 27.2 Å². The summed E-state index contributed by atoms with van der Waals surface area (Å²) in [7, 11) is -3.79. The maximum atomic E-state index is 12.5. The summed E-state index contributed by atoms with van der Waals surface area (Å²) in [4.78, 5) is 15.3. The Hall–Kier alpha value is -1.79. The SMILES string of the molecule is CC(C)C[C@@H](C=O)NS(=O)(=O)c1cccc2cccnc12. The summed E-state index contributed by atoms with van der Waals surface area (Å²) in [6.45, 7) is 3.87. The van der Waals surface area contributed by atoms with Gasteiger partial charge in [0.25, 0.3) is 0 Å². The molecule has 0 unspecified atom stereocenters. The molecule has 6 heteroatoms. The molecular weight excluding hydrogens is 288 g/mol. The van der Waals surface area contributed by atoms with Gasteiger partial charge in [0.1, 0.15) is 11.2 Å². The molecule has 0 saturated heterocycles. The minimum atomic E-state index is -3.79. The van der Waals surface area contributed by atoms with E-state index in [-0.39, 0.29) is 10.8 Å². The lowest BCUT2D eigenvalue weighted by atomic mass is 10.1. The number of nitrogens with one attached hydrogen (secondary N) is 1. The second kappa shape index (κ2) is 6.32. The number of carbonyl (C=O) groups excluding carboxylic acids is 1. The number of rotatable bonds is 6. The molecule has 0 radical (unpaired) electrons. The molecule has 1 heterocycles. The minimum Gasteiger partial charge on any atom is -0.302 e. The van der Waals surface area contributed by atoms with E-state index in [1.807, 2.05) is 13.8 Å². The van der Waals surface area contributed by atoms with Gasteiger partial charge in [0.05, 0.1) is 11.6 Å². The molecule has 1 N–H and O–H groups in total. The molecule has 5 nitrogen and oxygen atoms in total. The Bertz CT molecular complexity index is 736. The van der Waals surface area contributed by atoms with E-state index in [1.54, 1.807) is 30.5 Å². The van der Waals surface area contributed by atoms with Crippen LogP contribution in [0.1, 0.15) is 20.3 Å². The third-order valence-electron chi connectivity index (χ3n) is 3.08. The predicted molar refractivity (Wildman–Crippen MR) is 81.4 cm³/mol. The second-order valence-electron chi connectivity index (χ2n) is 5.32. The van der Waals surface area contributed by atoms with Gasteiger partial charge < -0.3 is 4.79 Å². The highest BCUT2D eigenvalue weighted by Crippen LogP contribution is 2.21. The highest BCUT2D eigenvalue weighted by Gasteiger charge is 2.22. The van der Waals surface area contributed by atoms with Crippen LogP contribution in [0.2, 0.25) is 0 Å². The molecule has 2 rings (SSSR count). The molecule has 0 saturated carbocycles. The van der Waals surface area contributed by atoms with Gasteiger partial charge in [0.2, 0.25) is 10.0 Å². The van der Waals surface area contributed by atoms with Crippen molar-refractivity contribution < 1.29 is 13.2 Å². The summed E-state index contributed by atoms with van der Waals surface area (Å²) in [6, 6.07) is 7.78. The number of carbonyl (C=O) groups is 1. The second-order valence-corrected chi connectivity index (χ2v) is 7.01. The van der Waals surface area contributed by atoms with Crippen LogP contribution in [0, 0.1) is 5.92 Å². The first-order valence-corrected chi connectivity index (χ1v) is 8.23. The third kappa shape index (κ3) is 3.65. The first-order chi connectivity index (χ1) is 9.94. The van der Waals surface area contributed by atoms with Gasteiger partial charge in [-0.3, -0.25) is 4.98 Å². The van der Waals surface area contributed by atoms with Crippen molar-refractivity contribution in [1.82, 2.24) is 9.71 Å². The molecule has 1 atom stereocenters. The van der Waals surface area contributed by atoms with Crippen LogP contribution in [-0.4, -0.2) is 25.7 Å². The Morgan fingerprint density at radius 2 is 1.95 bits per heavy atom. The molecule has 0 fully saturated rings. The van der Waals surface area contributed by atoms with Crippen LogP contribution in [0.5, 0.6) is 0 Å². The average molecular weight is 306 g/mol. The van der Waals surface area contributed by atoms with Gasteiger partial charge >= 0.3 is 0 Å². The Morgan fingerprint density at radius 1 is 1.24 bits per heavy atom. The minimum absolute atomic E-state index is 0.0937. The largest absolute Gasteiger partial charge is 0.302 e. The maximum Gasteiger partial charge on any atom is 0.243 e. The molecular formula is C15H18N2O3S. The van der Waals surface area contributed by atoms with Gasteiger partial charge in [0.15, 0.2) is 0 Å². The Labute approximate surface area is 124 Å². The number of aldehydes is 1. The van der Waals surface area contributed by atoms with Crippen LogP contribution in [-0.2, 0) is 14.8 Å². The number of fused-ring (bicyclic) bond motifs is 1. The predicted octanol–water partition coefficient (Wildman–Crippen LogP) is 2.13. The van der Waals surface area contributed by atoms with Gasteiger partial charge in [-0.25, -0.2) is 13.1 Å². The quantitative estimate of drug-likeness (QED) is 0.829. The van der Waals surface area contributed by atoms with E-state index in [0.29, 0.717) is 18.2 Å². The molecule has 1 aromatic carbocycles. The molecule has 112 valence electrons. The van der Waals surface area contributed by atoms with E-state index in [0.717, 1.165) is 5.39 Å². The van der Waals surface area contributed by atoms with Crippen LogP contribution < -0.4 is 4.72 Å². The molecule has 0 aliphatic heterocycles. The molecule has 0 aliphatic rings. The first-order valence-electron chi connectivity index (χ1n) is 6.75. The number of nitrogens with zero attached hydrogens (tertiary/aromatic N) is 1. The van der Waals surface area contributed by atoms with Crippen molar-refractivity contribution in [3.05, 3.63) is 36.5 Å². The fraction of sp³-hybridized carbons (Fsp3) is 0.333. The Morgan fingerprint density at radius 3 is 2.62 bits per heavy atom. The number of pyridine rings is 1. The number of aromatic nitrogens is 1. The van der Waals surface area contributed by atoms with E-state index in [2.05, 4.69) is 9.71 Å². The van der Waals surface area contributed by atoms with Crippen molar-refractivity contribution in [3.8, 4) is 0 Å². The normalized spacial score (nSPS) is 13.5. The van der Waals surface area contributed by atoms with E-state index in [4.69, 9.17) is 0 Å². The highest BCUT2D eigenvalue weighted by molar-refractivity contribution is 7.89. The smallest absolute Gasteiger partial charge is 0.243 e. The van der Waals surface area contributed by atoms with E-state index >= 15 is 0 Å². The fourth-order valence-electron chi connectivity index (χ4n) is 2.20. The zero-order chi connectivity index (χ0) is 15.5. The lowest BCUT2D eigenvalue weighted by Gasteiger charge is -2.15. The first kappa shape index (κ1) is 15.6. The van der Waals surface area contributed by atoms with Gasteiger partial charge in [-0.15, -0.1) is 0 Å². The Kier molecular flexibility index (Phi) is 4.69. The van der Waals surface area contributed by atoms with Crippen LogP contribution in [0.4, 0.5) is 0 Å². The number of sulfonamides is 1. The third-order valence-corrected chi connectivity index (χ3v) is 4.60. The topological polar surface area (TPSA) is 76.1 Å². The molecule has 0 bridgehead atoms. The Balaban J connectivity index is 2.40. The summed E-state index contributed by atoms with van der Waals surface area (Å²) in [5.74, 6) is 0.216. The molecule has 0 aliphatic carbocycles. The lowest BCUT2D eigenvalue weighted by molar-refractivity contribution is -0.109. The zero-order valence-electron chi connectivity index (χ0n) is 12.0. The van der Waals surface area contributed by atoms with Crippen LogP contribution in [0.25, 0.3) is 10.9 Å². The van der Waals surface area contributed by atoms with E-state index < -0.39 is 16.1 Å².